The lowest BCUT2D eigenvalue weighted by Crippen LogP contribution is -2.51. The number of nitrogens with zero attached hydrogens (tertiary/aromatic N) is 1. The second-order valence-corrected chi connectivity index (χ2v) is 6.53. The highest BCUT2D eigenvalue weighted by Gasteiger charge is 2.26. The third-order valence-electron chi connectivity index (χ3n) is 4.71. The van der Waals surface area contributed by atoms with E-state index in [1.54, 1.807) is 0 Å². The first-order valence-corrected chi connectivity index (χ1v) is 8.94. The van der Waals surface area contributed by atoms with Crippen LogP contribution < -0.4 is 0 Å². The third-order valence-corrected chi connectivity index (χ3v) is 4.71. The predicted molar refractivity (Wildman–Crippen MR) is 99.5 cm³/mol. The molecule has 3 heteroatoms. The lowest BCUT2D eigenvalue weighted by molar-refractivity contribution is -0.941. The summed E-state index contributed by atoms with van der Waals surface area (Å²) in [6.45, 7) is 5.75. The molecule has 0 fully saturated rings. The summed E-state index contributed by atoms with van der Waals surface area (Å²) in [5.74, 6) is 0. The molecule has 0 aliphatic heterocycles. The second-order valence-electron chi connectivity index (χ2n) is 6.53. The van der Waals surface area contributed by atoms with Crippen molar-refractivity contribution >= 4 is 0 Å². The molecule has 0 saturated carbocycles. The molecule has 2 rings (SSSR count). The first kappa shape index (κ1) is 18.7. The molecule has 0 atom stereocenters. The number of aliphatic hydroxyl groups excluding tert-OH is 2. The van der Waals surface area contributed by atoms with Crippen LogP contribution in [0.5, 0.6) is 0 Å². The summed E-state index contributed by atoms with van der Waals surface area (Å²) in [6, 6.07) is 19.1. The summed E-state index contributed by atoms with van der Waals surface area (Å²) in [4.78, 5) is 0. The average molecular weight is 328 g/mol. The van der Waals surface area contributed by atoms with Gasteiger partial charge in [0.25, 0.3) is 0 Å². The quantitative estimate of drug-likeness (QED) is 0.656. The molecule has 0 unspecified atom stereocenters. The molecule has 0 radical (unpaired) electrons. The van der Waals surface area contributed by atoms with Gasteiger partial charge >= 0.3 is 0 Å². The average Bonchev–Trinajstić information content (AvgIpc) is 2.62. The Labute approximate surface area is 145 Å². The van der Waals surface area contributed by atoms with Gasteiger partial charge in [-0.25, -0.2) is 0 Å². The van der Waals surface area contributed by atoms with Crippen LogP contribution in [0.15, 0.2) is 54.6 Å². The first-order valence-electron chi connectivity index (χ1n) is 8.94. The Morgan fingerprint density at radius 2 is 1.33 bits per heavy atom. The van der Waals surface area contributed by atoms with Crippen molar-refractivity contribution in [3.63, 3.8) is 0 Å². The fourth-order valence-electron chi connectivity index (χ4n) is 3.31. The van der Waals surface area contributed by atoms with Crippen LogP contribution in [0.3, 0.4) is 0 Å². The summed E-state index contributed by atoms with van der Waals surface area (Å²) in [7, 11) is 0. The molecule has 0 saturated heterocycles. The van der Waals surface area contributed by atoms with Gasteiger partial charge in [0.1, 0.15) is 19.6 Å². The molecule has 0 aliphatic rings. The normalized spacial score (nSPS) is 11.6. The zero-order valence-corrected chi connectivity index (χ0v) is 14.7. The number of unbranched alkanes of at least 4 members (excludes halogenated alkanes) is 1. The molecule has 2 aromatic rings. The molecule has 3 nitrogen and oxygen atoms in total. The minimum atomic E-state index is 0.159. The molecule has 0 aliphatic carbocycles. The largest absolute Gasteiger partial charge is 0.391 e. The Morgan fingerprint density at radius 1 is 0.750 bits per heavy atom. The summed E-state index contributed by atoms with van der Waals surface area (Å²) in [5.41, 5.74) is 3.70. The highest BCUT2D eigenvalue weighted by atomic mass is 16.3. The van der Waals surface area contributed by atoms with Gasteiger partial charge in [-0.05, 0) is 17.5 Å². The fraction of sp³-hybridized carbons (Fsp3) is 0.429. The highest BCUT2D eigenvalue weighted by Crippen LogP contribution is 2.22. The van der Waals surface area contributed by atoms with E-state index < -0.39 is 0 Å². The Bertz CT molecular complexity index is 575. The van der Waals surface area contributed by atoms with Crippen LogP contribution in [0, 0.1) is 0 Å². The maximum absolute atomic E-state index is 9.50. The Morgan fingerprint density at radius 3 is 1.88 bits per heavy atom. The first-order chi connectivity index (χ1) is 11.7. The minimum Gasteiger partial charge on any atom is -0.391 e. The molecule has 0 aromatic heterocycles. The van der Waals surface area contributed by atoms with Gasteiger partial charge in [-0.1, -0.05) is 67.9 Å². The second kappa shape index (κ2) is 9.58. The van der Waals surface area contributed by atoms with E-state index in [1.807, 2.05) is 6.07 Å². The molecule has 0 bridgehead atoms. The van der Waals surface area contributed by atoms with E-state index in [0.717, 1.165) is 30.4 Å². The number of hydrogen-bond acceptors (Lipinski definition) is 2. The Kier molecular flexibility index (Phi) is 7.44. The Balaban J connectivity index is 2.16. The lowest BCUT2D eigenvalue weighted by Gasteiger charge is -2.38. The summed E-state index contributed by atoms with van der Waals surface area (Å²) < 4.78 is 0.755. The topological polar surface area (TPSA) is 40.5 Å². The third kappa shape index (κ3) is 5.17. The van der Waals surface area contributed by atoms with E-state index >= 15 is 0 Å². The highest BCUT2D eigenvalue weighted by molar-refractivity contribution is 5.63. The molecule has 24 heavy (non-hydrogen) atoms. The van der Waals surface area contributed by atoms with Crippen molar-refractivity contribution in [1.82, 2.24) is 0 Å². The van der Waals surface area contributed by atoms with Crippen molar-refractivity contribution < 1.29 is 14.7 Å². The molecule has 0 heterocycles. The maximum atomic E-state index is 9.50. The molecule has 2 aromatic carbocycles. The standard InChI is InChI=1S/C21H30NO2/c1-2-3-13-22(14-16-23,15-17-24)18-19-9-11-21(12-10-19)20-7-5-4-6-8-20/h4-12,23-24H,2-3,13-18H2,1H3/q+1. The summed E-state index contributed by atoms with van der Waals surface area (Å²) in [6.07, 6.45) is 2.24. The number of hydrogen-bond donors (Lipinski definition) is 2. The van der Waals surface area contributed by atoms with E-state index in [1.165, 1.54) is 16.7 Å². The van der Waals surface area contributed by atoms with Gasteiger partial charge in [0.15, 0.2) is 0 Å². The molecule has 2 N–H and O–H groups in total. The minimum absolute atomic E-state index is 0.159. The van der Waals surface area contributed by atoms with Crippen molar-refractivity contribution in [1.29, 1.82) is 0 Å². The zero-order chi connectivity index (χ0) is 17.3. The van der Waals surface area contributed by atoms with Gasteiger partial charge < -0.3 is 14.7 Å². The van der Waals surface area contributed by atoms with Crippen LogP contribution in [0.1, 0.15) is 25.3 Å². The number of quaternary nitrogens is 1. The number of aliphatic hydroxyl groups is 2. The van der Waals surface area contributed by atoms with Crippen LogP contribution in [0.4, 0.5) is 0 Å². The fourth-order valence-corrected chi connectivity index (χ4v) is 3.31. The SMILES string of the molecule is CCCC[N+](CCO)(CCO)Cc1ccc(-c2ccccc2)cc1. The van der Waals surface area contributed by atoms with Crippen molar-refractivity contribution in [3.8, 4) is 11.1 Å². The van der Waals surface area contributed by atoms with Gasteiger partial charge in [-0.15, -0.1) is 0 Å². The molecular formula is C21H30NO2+. The van der Waals surface area contributed by atoms with Crippen molar-refractivity contribution in [2.24, 2.45) is 0 Å². The molecule has 0 spiro atoms. The van der Waals surface area contributed by atoms with Gasteiger partial charge in [-0.3, -0.25) is 0 Å². The van der Waals surface area contributed by atoms with E-state index in [-0.39, 0.29) is 13.2 Å². The van der Waals surface area contributed by atoms with Crippen LogP contribution in [-0.4, -0.2) is 47.5 Å². The van der Waals surface area contributed by atoms with E-state index in [9.17, 15) is 10.2 Å². The van der Waals surface area contributed by atoms with Gasteiger partial charge in [0.05, 0.1) is 19.8 Å². The number of benzene rings is 2. The number of rotatable bonds is 10. The van der Waals surface area contributed by atoms with E-state index in [4.69, 9.17) is 0 Å². The van der Waals surface area contributed by atoms with Gasteiger partial charge in [-0.2, -0.15) is 0 Å². The van der Waals surface area contributed by atoms with E-state index in [0.29, 0.717) is 13.1 Å². The van der Waals surface area contributed by atoms with Crippen LogP contribution in [0.2, 0.25) is 0 Å². The van der Waals surface area contributed by atoms with E-state index in [2.05, 4.69) is 55.5 Å². The van der Waals surface area contributed by atoms with Crippen LogP contribution >= 0.6 is 0 Å². The van der Waals surface area contributed by atoms with Gasteiger partial charge in [0.2, 0.25) is 0 Å². The van der Waals surface area contributed by atoms with Crippen molar-refractivity contribution in [2.45, 2.75) is 26.3 Å². The monoisotopic (exact) mass is 328 g/mol. The molecule has 130 valence electrons. The predicted octanol–water partition coefficient (Wildman–Crippen LogP) is 3.46. The summed E-state index contributed by atoms with van der Waals surface area (Å²) >= 11 is 0. The lowest BCUT2D eigenvalue weighted by atomic mass is 10.0. The van der Waals surface area contributed by atoms with Crippen LogP contribution in [0.25, 0.3) is 11.1 Å². The zero-order valence-electron chi connectivity index (χ0n) is 14.7. The smallest absolute Gasteiger partial charge is 0.104 e. The van der Waals surface area contributed by atoms with Gasteiger partial charge in [0, 0.05) is 5.56 Å². The van der Waals surface area contributed by atoms with Crippen LogP contribution in [-0.2, 0) is 6.54 Å². The van der Waals surface area contributed by atoms with Crippen molar-refractivity contribution in [2.75, 3.05) is 32.8 Å². The summed E-state index contributed by atoms with van der Waals surface area (Å²) in [5, 5.41) is 19.0. The Hall–Kier alpha value is -1.68. The molecular weight excluding hydrogens is 298 g/mol. The van der Waals surface area contributed by atoms with Crippen molar-refractivity contribution in [3.05, 3.63) is 60.2 Å². The molecule has 0 amide bonds. The maximum Gasteiger partial charge on any atom is 0.104 e.